The van der Waals surface area contributed by atoms with Gasteiger partial charge in [-0.05, 0) is 41.7 Å². The first-order valence-electron chi connectivity index (χ1n) is 12.4. The summed E-state index contributed by atoms with van der Waals surface area (Å²) in [6.45, 7) is 7.03. The van der Waals surface area contributed by atoms with E-state index in [0.717, 1.165) is 22.3 Å². The average Bonchev–Trinajstić information content (AvgIpc) is 2.87. The zero-order valence-corrected chi connectivity index (χ0v) is 23.9. The Kier molecular flexibility index (Phi) is 11.4. The van der Waals surface area contributed by atoms with E-state index in [1.807, 2.05) is 55.5 Å². The molecule has 2 amide bonds. The molecular formula is C30H34Cl2N2O2S. The number of benzene rings is 3. The minimum atomic E-state index is -0.640. The third kappa shape index (κ3) is 9.10. The smallest absolute Gasteiger partial charge is 0.243 e. The highest BCUT2D eigenvalue weighted by Gasteiger charge is 2.30. The Balaban J connectivity index is 1.86. The van der Waals surface area contributed by atoms with Gasteiger partial charge in [0.1, 0.15) is 6.04 Å². The lowest BCUT2D eigenvalue weighted by atomic mass is 10.0. The molecule has 4 nitrogen and oxygen atoms in total. The van der Waals surface area contributed by atoms with Gasteiger partial charge in [-0.1, -0.05) is 103 Å². The Labute approximate surface area is 234 Å². The minimum absolute atomic E-state index is 0.102. The van der Waals surface area contributed by atoms with Crippen LogP contribution in [0.3, 0.4) is 0 Å². The summed E-state index contributed by atoms with van der Waals surface area (Å²) in [5.41, 5.74) is 3.91. The van der Waals surface area contributed by atoms with Crippen LogP contribution in [-0.4, -0.2) is 35.1 Å². The van der Waals surface area contributed by atoms with E-state index in [-0.39, 0.29) is 17.6 Å². The molecule has 0 fully saturated rings. The van der Waals surface area contributed by atoms with Crippen molar-refractivity contribution in [3.05, 3.63) is 105 Å². The topological polar surface area (TPSA) is 49.4 Å². The number of nitrogens with zero attached hydrogens (tertiary/aromatic N) is 1. The quantitative estimate of drug-likeness (QED) is 0.262. The van der Waals surface area contributed by atoms with E-state index in [0.29, 0.717) is 41.2 Å². The zero-order chi connectivity index (χ0) is 26.8. The van der Waals surface area contributed by atoms with E-state index < -0.39 is 6.04 Å². The average molecular weight is 558 g/mol. The maximum atomic E-state index is 13.7. The molecule has 0 saturated heterocycles. The molecule has 0 unspecified atom stereocenters. The second-order valence-electron chi connectivity index (χ2n) is 9.55. The summed E-state index contributed by atoms with van der Waals surface area (Å²) >= 11 is 14.1. The Hall–Kier alpha value is -2.47. The highest BCUT2D eigenvalue weighted by atomic mass is 35.5. The van der Waals surface area contributed by atoms with Crippen LogP contribution in [0, 0.1) is 12.8 Å². The Morgan fingerprint density at radius 2 is 1.57 bits per heavy atom. The molecule has 0 aliphatic carbocycles. The third-order valence-corrected chi connectivity index (χ3v) is 7.58. The molecule has 37 heavy (non-hydrogen) atoms. The highest BCUT2D eigenvalue weighted by molar-refractivity contribution is 7.99. The largest absolute Gasteiger partial charge is 0.354 e. The van der Waals surface area contributed by atoms with E-state index in [9.17, 15) is 9.59 Å². The van der Waals surface area contributed by atoms with Gasteiger partial charge in [0.25, 0.3) is 0 Å². The monoisotopic (exact) mass is 556 g/mol. The lowest BCUT2D eigenvalue weighted by Gasteiger charge is -2.32. The first-order chi connectivity index (χ1) is 17.7. The van der Waals surface area contributed by atoms with E-state index in [1.54, 1.807) is 23.1 Å². The number of thioether (sulfide) groups is 1. The molecule has 3 rings (SSSR count). The van der Waals surface area contributed by atoms with Gasteiger partial charge < -0.3 is 10.2 Å². The molecule has 196 valence electrons. The summed E-state index contributed by atoms with van der Waals surface area (Å²) < 4.78 is 0. The van der Waals surface area contributed by atoms with E-state index in [1.165, 1.54) is 11.8 Å². The number of carbonyl (C=O) groups is 2. The summed E-state index contributed by atoms with van der Waals surface area (Å²) in [5.74, 6) is 0.771. The summed E-state index contributed by atoms with van der Waals surface area (Å²) in [7, 11) is 0. The molecule has 0 spiro atoms. The molecule has 3 aromatic rings. The van der Waals surface area contributed by atoms with Crippen LogP contribution < -0.4 is 5.32 Å². The molecule has 3 aromatic carbocycles. The van der Waals surface area contributed by atoms with Crippen LogP contribution in [0.2, 0.25) is 10.0 Å². The molecule has 1 N–H and O–H groups in total. The molecule has 1 atom stereocenters. The molecule has 0 aromatic heterocycles. The van der Waals surface area contributed by atoms with Crippen molar-refractivity contribution in [2.45, 2.75) is 45.5 Å². The number of hydrogen-bond donors (Lipinski definition) is 1. The molecule has 7 heteroatoms. The Morgan fingerprint density at radius 3 is 2.22 bits per heavy atom. The Bertz CT molecular complexity index is 1170. The van der Waals surface area contributed by atoms with Crippen LogP contribution in [0.15, 0.2) is 72.8 Å². The van der Waals surface area contributed by atoms with Gasteiger partial charge in [0.15, 0.2) is 0 Å². The minimum Gasteiger partial charge on any atom is -0.354 e. The number of halogens is 2. The van der Waals surface area contributed by atoms with Crippen LogP contribution >= 0.6 is 35.0 Å². The molecular weight excluding hydrogens is 523 g/mol. The van der Waals surface area contributed by atoms with Crippen molar-refractivity contribution in [2.75, 3.05) is 12.3 Å². The fourth-order valence-corrected chi connectivity index (χ4v) is 5.62. The van der Waals surface area contributed by atoms with Crippen molar-refractivity contribution in [1.29, 1.82) is 0 Å². The summed E-state index contributed by atoms with van der Waals surface area (Å²) in [6.07, 6.45) is 0.434. The second-order valence-corrected chi connectivity index (χ2v) is 11.3. The molecule has 0 bridgehead atoms. The van der Waals surface area contributed by atoms with Crippen LogP contribution in [-0.2, 0) is 28.3 Å². The number of hydrogen-bond acceptors (Lipinski definition) is 3. The van der Waals surface area contributed by atoms with Crippen molar-refractivity contribution in [3.8, 4) is 0 Å². The van der Waals surface area contributed by atoms with Crippen LogP contribution in [0.25, 0.3) is 0 Å². The lowest BCUT2D eigenvalue weighted by Crippen LogP contribution is -2.51. The standard InChI is InChI=1S/C30H34Cl2N2O2S/c1-21(2)17-33-30(36)28(16-23-10-5-4-6-11-23)34(18-24-12-7-9-22(3)15-24)29(35)20-37-19-25-26(31)13-8-14-27(25)32/h4-15,21,28H,16-20H2,1-3H3,(H,33,36)/t28-/m1/s1. The van der Waals surface area contributed by atoms with Gasteiger partial charge in [-0.3, -0.25) is 9.59 Å². The van der Waals surface area contributed by atoms with E-state index in [4.69, 9.17) is 23.2 Å². The predicted octanol–water partition coefficient (Wildman–Crippen LogP) is 6.95. The first kappa shape index (κ1) is 29.1. The van der Waals surface area contributed by atoms with Crippen molar-refractivity contribution in [3.63, 3.8) is 0 Å². The predicted molar refractivity (Wildman–Crippen MR) is 156 cm³/mol. The molecule has 0 aliphatic heterocycles. The van der Waals surface area contributed by atoms with Crippen molar-refractivity contribution in [2.24, 2.45) is 5.92 Å². The van der Waals surface area contributed by atoms with Crippen molar-refractivity contribution >= 4 is 46.8 Å². The Morgan fingerprint density at radius 1 is 0.919 bits per heavy atom. The number of rotatable bonds is 12. The lowest BCUT2D eigenvalue weighted by molar-refractivity contribution is -0.139. The third-order valence-electron chi connectivity index (χ3n) is 5.92. The number of aryl methyl sites for hydroxylation is 1. The molecule has 0 radical (unpaired) electrons. The van der Waals surface area contributed by atoms with Crippen LogP contribution in [0.5, 0.6) is 0 Å². The molecule has 0 saturated carbocycles. The molecule has 0 heterocycles. The van der Waals surface area contributed by atoms with Gasteiger partial charge in [0.05, 0.1) is 5.75 Å². The van der Waals surface area contributed by atoms with Gasteiger partial charge in [-0.15, -0.1) is 11.8 Å². The summed E-state index contributed by atoms with van der Waals surface area (Å²) in [5, 5.41) is 4.22. The van der Waals surface area contributed by atoms with Gasteiger partial charge in [-0.25, -0.2) is 0 Å². The van der Waals surface area contributed by atoms with E-state index in [2.05, 4.69) is 25.2 Å². The fourth-order valence-electron chi connectivity index (χ4n) is 3.98. The zero-order valence-electron chi connectivity index (χ0n) is 21.5. The summed E-state index contributed by atoms with van der Waals surface area (Å²) in [6, 6.07) is 22.6. The van der Waals surface area contributed by atoms with Gasteiger partial charge in [0, 0.05) is 35.3 Å². The molecule has 0 aliphatic rings. The normalized spacial score (nSPS) is 11.8. The summed E-state index contributed by atoms with van der Waals surface area (Å²) in [4.78, 5) is 28.9. The maximum Gasteiger partial charge on any atom is 0.243 e. The van der Waals surface area contributed by atoms with Crippen LogP contribution in [0.1, 0.15) is 36.1 Å². The fraction of sp³-hybridized carbons (Fsp3) is 0.333. The highest BCUT2D eigenvalue weighted by Crippen LogP contribution is 2.28. The number of amides is 2. The van der Waals surface area contributed by atoms with Crippen molar-refractivity contribution < 1.29 is 9.59 Å². The number of carbonyl (C=O) groups excluding carboxylic acids is 2. The van der Waals surface area contributed by atoms with Gasteiger partial charge in [-0.2, -0.15) is 0 Å². The van der Waals surface area contributed by atoms with Crippen molar-refractivity contribution in [1.82, 2.24) is 10.2 Å². The number of nitrogens with one attached hydrogen (secondary N) is 1. The SMILES string of the molecule is Cc1cccc(CN(C(=O)CSCc2c(Cl)cccc2Cl)[C@H](Cc2ccccc2)C(=O)NCC(C)C)c1. The maximum absolute atomic E-state index is 13.7. The van der Waals surface area contributed by atoms with Crippen LogP contribution in [0.4, 0.5) is 0 Å². The van der Waals surface area contributed by atoms with Gasteiger partial charge in [0.2, 0.25) is 11.8 Å². The second kappa shape index (κ2) is 14.5. The van der Waals surface area contributed by atoms with E-state index >= 15 is 0 Å². The first-order valence-corrected chi connectivity index (χ1v) is 14.3. The van der Waals surface area contributed by atoms with Gasteiger partial charge >= 0.3 is 0 Å².